The van der Waals surface area contributed by atoms with Crippen LogP contribution in [0.5, 0.6) is 0 Å². The number of aliphatic hydroxyl groups excluding tert-OH is 1. The summed E-state index contributed by atoms with van der Waals surface area (Å²) >= 11 is 7.92. The molecule has 4 heterocycles. The highest BCUT2D eigenvalue weighted by Gasteiger charge is 2.70. The predicted octanol–water partition coefficient (Wildman–Crippen LogP) is 3.58. The molecule has 4 rings (SSSR count). The van der Waals surface area contributed by atoms with Gasteiger partial charge in [0.05, 0.1) is 16.3 Å². The summed E-state index contributed by atoms with van der Waals surface area (Å²) in [6.45, 7) is 9.14. The van der Waals surface area contributed by atoms with Crippen LogP contribution in [0.15, 0.2) is 0 Å². The van der Waals surface area contributed by atoms with Crippen LogP contribution in [-0.4, -0.2) is 27.5 Å². The lowest BCUT2D eigenvalue weighted by molar-refractivity contribution is 0.150. The minimum atomic E-state index is -0.212. The Hall–Kier alpha value is 1.36. The summed E-state index contributed by atoms with van der Waals surface area (Å²) < 4.78 is 0.585. The van der Waals surface area contributed by atoms with E-state index in [2.05, 4.69) is 27.7 Å². The predicted molar refractivity (Wildman–Crippen MR) is 74.6 cm³/mol. The highest BCUT2D eigenvalue weighted by molar-refractivity contribution is 8.38. The first-order valence-electron chi connectivity index (χ1n) is 5.18. The molecule has 4 aliphatic rings. The summed E-state index contributed by atoms with van der Waals surface area (Å²) in [6.07, 6.45) is 1.03. The Kier molecular flexibility index (Phi) is 2.17. The van der Waals surface area contributed by atoms with E-state index in [9.17, 15) is 5.11 Å². The molecule has 0 aromatic carbocycles. The third-order valence-electron chi connectivity index (χ3n) is 3.31. The maximum Gasteiger partial charge on any atom is 0.101 e. The van der Waals surface area contributed by atoms with Crippen molar-refractivity contribution in [1.82, 2.24) is 0 Å². The quantitative estimate of drug-likeness (QED) is 0.729. The van der Waals surface area contributed by atoms with Crippen LogP contribution in [0.25, 0.3) is 0 Å². The molecule has 0 amide bonds. The van der Waals surface area contributed by atoms with Crippen molar-refractivity contribution in [1.29, 1.82) is 0 Å². The Morgan fingerprint density at radius 2 is 1.20 bits per heavy atom. The Morgan fingerprint density at radius 3 is 1.53 bits per heavy atom. The van der Waals surface area contributed by atoms with Gasteiger partial charge in [0.2, 0.25) is 0 Å². The van der Waals surface area contributed by atoms with Gasteiger partial charge in [0.15, 0.2) is 0 Å². The van der Waals surface area contributed by atoms with Gasteiger partial charge in [-0.05, 0) is 34.1 Å². The maximum absolute atomic E-state index is 10.5. The van der Waals surface area contributed by atoms with Crippen molar-refractivity contribution in [2.45, 2.75) is 56.5 Å². The number of hydrogen-bond donors (Lipinski definition) is 1. The first-order valence-corrected chi connectivity index (χ1v) is 8.44. The molecule has 4 saturated heterocycles. The van der Waals surface area contributed by atoms with E-state index in [0.29, 0.717) is 8.16 Å². The average Bonchev–Trinajstić information content (AvgIpc) is 1.93. The molecule has 1 N–H and O–H groups in total. The SMILES string of the molecule is CC12CC3(C)SC(C)(S1)C(O)C(C)(S2)S3. The molecule has 0 radical (unpaired) electrons. The number of hydrogen-bond acceptors (Lipinski definition) is 5. The molecule has 0 aromatic heterocycles. The van der Waals surface area contributed by atoms with E-state index < -0.39 is 0 Å². The molecule has 0 atom stereocenters. The van der Waals surface area contributed by atoms with E-state index in [1.54, 1.807) is 0 Å². The Balaban J connectivity index is 2.12. The van der Waals surface area contributed by atoms with Crippen molar-refractivity contribution in [3.8, 4) is 0 Å². The van der Waals surface area contributed by atoms with Gasteiger partial charge >= 0.3 is 0 Å². The zero-order valence-corrected chi connectivity index (χ0v) is 12.6. The maximum atomic E-state index is 10.5. The smallest absolute Gasteiger partial charge is 0.101 e. The lowest BCUT2D eigenvalue weighted by atomic mass is 10.1. The van der Waals surface area contributed by atoms with Crippen molar-refractivity contribution in [3.63, 3.8) is 0 Å². The molecule has 4 aliphatic heterocycles. The molecule has 0 spiro atoms. The highest BCUT2D eigenvalue weighted by Crippen LogP contribution is 2.80. The van der Waals surface area contributed by atoms with Crippen LogP contribution >= 0.6 is 47.0 Å². The van der Waals surface area contributed by atoms with Gasteiger partial charge in [-0.1, -0.05) is 0 Å². The largest absolute Gasteiger partial charge is 0.388 e. The molecule has 5 heteroatoms. The first kappa shape index (κ1) is 11.5. The van der Waals surface area contributed by atoms with Gasteiger partial charge in [-0.3, -0.25) is 0 Å². The number of thioether (sulfide) groups is 4. The minimum absolute atomic E-state index is 0.00694. The van der Waals surface area contributed by atoms with Crippen LogP contribution in [0, 0.1) is 0 Å². The van der Waals surface area contributed by atoms with Gasteiger partial charge < -0.3 is 5.11 Å². The molecular formula is C10H16OS4. The van der Waals surface area contributed by atoms with E-state index in [1.807, 2.05) is 47.0 Å². The van der Waals surface area contributed by atoms with Crippen LogP contribution in [0.4, 0.5) is 0 Å². The second-order valence-electron chi connectivity index (χ2n) is 5.29. The van der Waals surface area contributed by atoms with Gasteiger partial charge in [0.1, 0.15) is 6.10 Å². The van der Waals surface area contributed by atoms with Crippen LogP contribution in [0.1, 0.15) is 34.1 Å². The van der Waals surface area contributed by atoms with Crippen LogP contribution in [-0.2, 0) is 0 Å². The summed E-state index contributed by atoms with van der Waals surface area (Å²) in [5.74, 6) is 0. The summed E-state index contributed by atoms with van der Waals surface area (Å²) in [4.78, 5) is 0. The molecule has 4 fully saturated rings. The van der Waals surface area contributed by atoms with E-state index >= 15 is 0 Å². The standard InChI is InChI=1S/C10H16OS4/c1-7-5-8(2)14-9(3,12-7)6(11)10(4,13-7)15-8/h6,11H,5H2,1-4H3. The van der Waals surface area contributed by atoms with E-state index in [-0.39, 0.29) is 14.3 Å². The zero-order valence-electron chi connectivity index (χ0n) is 9.36. The molecule has 0 saturated carbocycles. The summed E-state index contributed by atoms with van der Waals surface area (Å²) in [6, 6.07) is 0. The van der Waals surface area contributed by atoms with E-state index in [1.165, 1.54) is 6.42 Å². The molecule has 1 nitrogen and oxygen atoms in total. The van der Waals surface area contributed by atoms with Gasteiger partial charge in [-0.15, -0.1) is 47.0 Å². The lowest BCUT2D eigenvalue weighted by Gasteiger charge is -2.67. The van der Waals surface area contributed by atoms with Crippen molar-refractivity contribution >= 4 is 47.0 Å². The zero-order chi connectivity index (χ0) is 11.1. The van der Waals surface area contributed by atoms with Gasteiger partial charge in [0, 0.05) is 0 Å². The van der Waals surface area contributed by atoms with Gasteiger partial charge in [-0.25, -0.2) is 0 Å². The topological polar surface area (TPSA) is 20.2 Å². The summed E-state index contributed by atoms with van der Waals surface area (Å²) in [5, 5.41) is 10.5. The second kappa shape index (κ2) is 2.85. The summed E-state index contributed by atoms with van der Waals surface area (Å²) in [5.41, 5.74) is 0. The van der Waals surface area contributed by atoms with E-state index in [4.69, 9.17) is 0 Å². The number of aliphatic hydroxyl groups is 1. The Labute approximate surface area is 108 Å². The first-order chi connectivity index (χ1) is 6.69. The van der Waals surface area contributed by atoms with Crippen LogP contribution in [0.3, 0.4) is 0 Å². The fourth-order valence-electron chi connectivity index (χ4n) is 3.23. The fraction of sp³-hybridized carbons (Fsp3) is 1.00. The van der Waals surface area contributed by atoms with Crippen molar-refractivity contribution < 1.29 is 5.11 Å². The Morgan fingerprint density at radius 1 is 0.867 bits per heavy atom. The average molecular weight is 281 g/mol. The molecule has 0 aliphatic carbocycles. The van der Waals surface area contributed by atoms with Crippen molar-refractivity contribution in [2.24, 2.45) is 0 Å². The molecule has 15 heavy (non-hydrogen) atoms. The lowest BCUT2D eigenvalue weighted by Crippen LogP contribution is -2.64. The van der Waals surface area contributed by atoms with Crippen LogP contribution in [0.2, 0.25) is 0 Å². The van der Waals surface area contributed by atoms with Crippen LogP contribution < -0.4 is 0 Å². The minimum Gasteiger partial charge on any atom is -0.388 e. The summed E-state index contributed by atoms with van der Waals surface area (Å²) in [7, 11) is 0. The number of rotatable bonds is 0. The molecule has 0 aromatic rings. The monoisotopic (exact) mass is 280 g/mol. The van der Waals surface area contributed by atoms with Gasteiger partial charge in [-0.2, -0.15) is 0 Å². The van der Waals surface area contributed by atoms with Gasteiger partial charge in [0.25, 0.3) is 0 Å². The normalized spacial score (nSPS) is 67.4. The van der Waals surface area contributed by atoms with Crippen molar-refractivity contribution in [2.75, 3.05) is 0 Å². The molecule has 86 valence electrons. The highest BCUT2D eigenvalue weighted by atomic mass is 32.3. The molecule has 0 unspecified atom stereocenters. The molecular weight excluding hydrogens is 264 g/mol. The third kappa shape index (κ3) is 1.46. The Bertz CT molecular complexity index is 287. The molecule has 4 bridgehead atoms. The van der Waals surface area contributed by atoms with Crippen molar-refractivity contribution in [3.05, 3.63) is 0 Å². The third-order valence-corrected chi connectivity index (χ3v) is 10.1. The fourth-order valence-corrected chi connectivity index (χ4v) is 15.7. The second-order valence-corrected chi connectivity index (χ2v) is 14.1. The van der Waals surface area contributed by atoms with E-state index in [0.717, 1.165) is 0 Å².